The number of amides is 2. The van der Waals surface area contributed by atoms with Crippen molar-refractivity contribution in [2.24, 2.45) is 0 Å². The molecule has 0 saturated carbocycles. The number of hydrogen-bond acceptors (Lipinski definition) is 6. The van der Waals surface area contributed by atoms with Gasteiger partial charge in [0.15, 0.2) is 6.61 Å². The van der Waals surface area contributed by atoms with Gasteiger partial charge in [-0.1, -0.05) is 24.3 Å². The van der Waals surface area contributed by atoms with Gasteiger partial charge in [-0.05, 0) is 42.1 Å². The average molecular weight is 412 g/mol. The lowest BCUT2D eigenvalue weighted by Crippen LogP contribution is -2.35. The summed E-state index contributed by atoms with van der Waals surface area (Å²) in [5, 5.41) is 6.04. The second kappa shape index (κ2) is 9.20. The summed E-state index contributed by atoms with van der Waals surface area (Å²) in [7, 11) is 1.51. The lowest BCUT2D eigenvalue weighted by atomic mass is 10.2. The first-order chi connectivity index (χ1) is 14.0. The van der Waals surface area contributed by atoms with Crippen molar-refractivity contribution in [1.29, 1.82) is 0 Å². The van der Waals surface area contributed by atoms with Crippen molar-refractivity contribution in [2.45, 2.75) is 6.92 Å². The summed E-state index contributed by atoms with van der Waals surface area (Å²) in [5.41, 5.74) is 1.47. The van der Waals surface area contributed by atoms with E-state index in [0.717, 1.165) is 15.6 Å². The molecule has 0 aliphatic carbocycles. The maximum absolute atomic E-state index is 12.1. The van der Waals surface area contributed by atoms with Gasteiger partial charge in [0.25, 0.3) is 5.91 Å². The molecule has 2 N–H and O–H groups in total. The molecule has 0 unspecified atom stereocenters. The van der Waals surface area contributed by atoms with Gasteiger partial charge >= 0.3 is 5.97 Å². The predicted molar refractivity (Wildman–Crippen MR) is 111 cm³/mol. The molecule has 7 nitrogen and oxygen atoms in total. The fourth-order valence-electron chi connectivity index (χ4n) is 2.63. The van der Waals surface area contributed by atoms with Crippen LogP contribution in [0.5, 0.6) is 5.75 Å². The summed E-state index contributed by atoms with van der Waals surface area (Å²) in [6, 6.07) is 14.7. The van der Waals surface area contributed by atoms with E-state index < -0.39 is 24.4 Å². The first-order valence-electron chi connectivity index (χ1n) is 8.83. The van der Waals surface area contributed by atoms with E-state index in [2.05, 4.69) is 10.6 Å². The molecule has 0 atom stereocenters. The fourth-order valence-corrected chi connectivity index (χ4v) is 3.58. The number of aryl methyl sites for hydroxylation is 1. The zero-order chi connectivity index (χ0) is 20.8. The van der Waals surface area contributed by atoms with Crippen LogP contribution in [0.2, 0.25) is 0 Å². The van der Waals surface area contributed by atoms with Crippen LogP contribution in [-0.2, 0) is 14.3 Å². The fraction of sp³-hybridized carbons (Fsp3) is 0.190. The number of nitrogens with one attached hydrogen (secondary N) is 2. The Balaban J connectivity index is 1.46. The number of carbonyl (C=O) groups excluding carboxylic acids is 3. The average Bonchev–Trinajstić information content (AvgIpc) is 3.15. The summed E-state index contributed by atoms with van der Waals surface area (Å²) < 4.78 is 11.2. The molecule has 3 rings (SSSR count). The second-order valence-corrected chi connectivity index (χ2v) is 7.34. The van der Waals surface area contributed by atoms with Crippen molar-refractivity contribution in [3.05, 3.63) is 59.0 Å². The lowest BCUT2D eigenvalue weighted by Gasteiger charge is -2.11. The van der Waals surface area contributed by atoms with Gasteiger partial charge in [0.2, 0.25) is 5.91 Å². The Morgan fingerprint density at radius 2 is 1.83 bits per heavy atom. The van der Waals surface area contributed by atoms with Gasteiger partial charge < -0.3 is 20.1 Å². The van der Waals surface area contributed by atoms with E-state index in [0.29, 0.717) is 16.3 Å². The van der Waals surface area contributed by atoms with Gasteiger partial charge in [0.1, 0.15) is 10.6 Å². The molecular formula is C21H20N2O5S. The number of anilines is 1. The largest absolute Gasteiger partial charge is 0.495 e. The number of thiophene rings is 1. The van der Waals surface area contributed by atoms with Crippen molar-refractivity contribution < 1.29 is 23.9 Å². The monoisotopic (exact) mass is 412 g/mol. The van der Waals surface area contributed by atoms with E-state index in [-0.39, 0.29) is 6.54 Å². The third-order valence-corrected chi connectivity index (χ3v) is 5.13. The first kappa shape index (κ1) is 20.3. The summed E-state index contributed by atoms with van der Waals surface area (Å²) in [4.78, 5) is 36.5. The maximum atomic E-state index is 12.1. The Kier molecular flexibility index (Phi) is 6.46. The van der Waals surface area contributed by atoms with Gasteiger partial charge in [-0.15, -0.1) is 11.3 Å². The van der Waals surface area contributed by atoms with Crippen LogP contribution in [0.4, 0.5) is 5.69 Å². The molecule has 29 heavy (non-hydrogen) atoms. The van der Waals surface area contributed by atoms with Gasteiger partial charge in [0, 0.05) is 4.70 Å². The third-order valence-electron chi connectivity index (χ3n) is 4.04. The highest BCUT2D eigenvalue weighted by molar-refractivity contribution is 7.20. The zero-order valence-corrected chi connectivity index (χ0v) is 16.8. The molecule has 1 aromatic heterocycles. The Labute approximate surface area is 171 Å². The van der Waals surface area contributed by atoms with Gasteiger partial charge in [0.05, 0.1) is 19.3 Å². The van der Waals surface area contributed by atoms with Crippen LogP contribution < -0.4 is 15.4 Å². The SMILES string of the molecule is COc1ccc(C)cc1NC(=O)CNC(=O)COC(=O)c1cc2ccccc2s1. The number of hydrogen-bond donors (Lipinski definition) is 2. The van der Waals surface area contributed by atoms with Crippen LogP contribution in [0, 0.1) is 6.92 Å². The van der Waals surface area contributed by atoms with Crippen molar-refractivity contribution in [1.82, 2.24) is 5.32 Å². The predicted octanol–water partition coefficient (Wildman–Crippen LogP) is 3.13. The van der Waals surface area contributed by atoms with Crippen LogP contribution in [0.15, 0.2) is 48.5 Å². The molecule has 8 heteroatoms. The smallest absolute Gasteiger partial charge is 0.348 e. The zero-order valence-electron chi connectivity index (χ0n) is 16.0. The molecule has 2 amide bonds. The highest BCUT2D eigenvalue weighted by atomic mass is 32.1. The minimum atomic E-state index is -0.574. The third kappa shape index (κ3) is 5.32. The summed E-state index contributed by atoms with van der Waals surface area (Å²) in [5.74, 6) is -1.04. The maximum Gasteiger partial charge on any atom is 0.348 e. The van der Waals surface area contributed by atoms with Crippen LogP contribution in [0.25, 0.3) is 10.1 Å². The number of benzene rings is 2. The number of carbonyl (C=O) groups is 3. The Morgan fingerprint density at radius 1 is 1.03 bits per heavy atom. The molecule has 0 radical (unpaired) electrons. The second-order valence-electron chi connectivity index (χ2n) is 6.25. The van der Waals surface area contributed by atoms with E-state index >= 15 is 0 Å². The van der Waals surface area contributed by atoms with Gasteiger partial charge in [-0.25, -0.2) is 4.79 Å². The summed E-state index contributed by atoms with van der Waals surface area (Å²) in [6.45, 7) is 1.17. The minimum Gasteiger partial charge on any atom is -0.495 e. The first-order valence-corrected chi connectivity index (χ1v) is 9.65. The molecular weight excluding hydrogens is 392 g/mol. The standard InChI is InChI=1S/C21H20N2O5S/c1-13-7-8-16(27-2)15(9-13)23-19(24)11-22-20(25)12-28-21(26)18-10-14-5-3-4-6-17(14)29-18/h3-10H,11-12H2,1-2H3,(H,22,25)(H,23,24). The highest BCUT2D eigenvalue weighted by Gasteiger charge is 2.14. The molecule has 0 spiro atoms. The molecule has 2 aromatic carbocycles. The van der Waals surface area contributed by atoms with E-state index in [1.54, 1.807) is 18.2 Å². The van der Waals surface area contributed by atoms with Crippen LogP contribution in [-0.4, -0.2) is 38.0 Å². The Bertz CT molecular complexity index is 1030. The molecule has 3 aromatic rings. The molecule has 0 aliphatic heterocycles. The highest BCUT2D eigenvalue weighted by Crippen LogP contribution is 2.26. The molecule has 0 aliphatic rings. The topological polar surface area (TPSA) is 93.7 Å². The van der Waals surface area contributed by atoms with Crippen molar-refractivity contribution in [2.75, 3.05) is 25.6 Å². The van der Waals surface area contributed by atoms with E-state index in [4.69, 9.17) is 9.47 Å². The van der Waals surface area contributed by atoms with Gasteiger partial charge in [-0.3, -0.25) is 9.59 Å². The molecule has 0 bridgehead atoms. The van der Waals surface area contributed by atoms with Gasteiger partial charge in [-0.2, -0.15) is 0 Å². The Hall–Kier alpha value is -3.39. The molecule has 0 saturated heterocycles. The Morgan fingerprint density at radius 3 is 2.59 bits per heavy atom. The number of methoxy groups -OCH3 is 1. The van der Waals surface area contributed by atoms with Crippen molar-refractivity contribution >= 4 is 44.9 Å². The van der Waals surface area contributed by atoms with Crippen LogP contribution >= 0.6 is 11.3 Å². The molecule has 0 fully saturated rings. The normalized spacial score (nSPS) is 10.4. The molecule has 1 heterocycles. The number of esters is 1. The van der Waals surface area contributed by atoms with Crippen molar-refractivity contribution in [3.63, 3.8) is 0 Å². The summed E-state index contributed by atoms with van der Waals surface area (Å²) >= 11 is 1.30. The lowest BCUT2D eigenvalue weighted by molar-refractivity contribution is -0.126. The number of rotatable bonds is 7. The van der Waals surface area contributed by atoms with Crippen LogP contribution in [0.3, 0.4) is 0 Å². The van der Waals surface area contributed by atoms with E-state index in [1.807, 2.05) is 37.3 Å². The number of ether oxygens (including phenoxy) is 2. The van der Waals surface area contributed by atoms with E-state index in [9.17, 15) is 14.4 Å². The van der Waals surface area contributed by atoms with Crippen molar-refractivity contribution in [3.8, 4) is 5.75 Å². The molecule has 150 valence electrons. The minimum absolute atomic E-state index is 0.254. The quantitative estimate of drug-likeness (QED) is 0.582. The summed E-state index contributed by atoms with van der Waals surface area (Å²) in [6.07, 6.45) is 0. The number of fused-ring (bicyclic) bond motifs is 1. The van der Waals surface area contributed by atoms with Crippen LogP contribution in [0.1, 0.15) is 15.2 Å². The van der Waals surface area contributed by atoms with E-state index in [1.165, 1.54) is 18.4 Å².